The van der Waals surface area contributed by atoms with Gasteiger partial charge in [-0.2, -0.15) is 0 Å². The second kappa shape index (κ2) is 8.60. The summed E-state index contributed by atoms with van der Waals surface area (Å²) in [6, 6.07) is 15.2. The zero-order valence-corrected chi connectivity index (χ0v) is 16.7. The van der Waals surface area contributed by atoms with E-state index in [9.17, 15) is 9.90 Å². The van der Waals surface area contributed by atoms with E-state index in [0.29, 0.717) is 25.7 Å². The molecule has 5 nitrogen and oxygen atoms in total. The lowest BCUT2D eigenvalue weighted by Crippen LogP contribution is -2.50. The van der Waals surface area contributed by atoms with Crippen LogP contribution in [0.1, 0.15) is 30.7 Å². The van der Waals surface area contributed by atoms with Gasteiger partial charge in [0.25, 0.3) is 0 Å². The smallest absolute Gasteiger partial charge is 0.236 e. The summed E-state index contributed by atoms with van der Waals surface area (Å²) >= 11 is 0. The third-order valence-corrected chi connectivity index (χ3v) is 6.45. The number of piperidine rings is 2. The van der Waals surface area contributed by atoms with E-state index < -0.39 is 6.10 Å². The number of rotatable bonds is 4. The average molecular weight is 382 g/mol. The first-order chi connectivity index (χ1) is 13.6. The van der Waals surface area contributed by atoms with Gasteiger partial charge in [0.2, 0.25) is 5.91 Å². The fourth-order valence-electron chi connectivity index (χ4n) is 4.68. The summed E-state index contributed by atoms with van der Waals surface area (Å²) in [5, 5.41) is 16.6. The molecule has 0 radical (unpaired) electrons. The first kappa shape index (κ1) is 19.4. The van der Waals surface area contributed by atoms with E-state index in [2.05, 4.69) is 40.5 Å². The predicted octanol–water partition coefficient (Wildman–Crippen LogP) is 2.20. The maximum Gasteiger partial charge on any atom is 0.236 e. The average Bonchev–Trinajstić information content (AvgIpc) is 2.74. The fraction of sp³-hybridized carbons (Fsp3) is 0.522. The number of nitrogens with one attached hydrogen (secondary N) is 1. The molecule has 2 fully saturated rings. The molecule has 4 rings (SSSR count). The van der Waals surface area contributed by atoms with Crippen molar-refractivity contribution in [3.05, 3.63) is 48.0 Å². The van der Waals surface area contributed by atoms with Crippen LogP contribution in [0.3, 0.4) is 0 Å². The quantitative estimate of drug-likeness (QED) is 0.853. The molecule has 150 valence electrons. The number of amides is 1. The molecule has 2 aromatic carbocycles. The number of likely N-dealkylation sites (tertiary alicyclic amines) is 1. The number of nitrogens with zero attached hydrogens (tertiary/aromatic N) is 2. The Morgan fingerprint density at radius 3 is 2.64 bits per heavy atom. The van der Waals surface area contributed by atoms with Gasteiger partial charge in [0.15, 0.2) is 0 Å². The van der Waals surface area contributed by atoms with Crippen molar-refractivity contribution in [1.82, 2.24) is 15.1 Å². The number of β-amino-alcohol motifs (C(OH)–C–C–N with tert-alkyl or cyclic N) is 1. The minimum Gasteiger partial charge on any atom is -0.391 e. The third kappa shape index (κ3) is 4.22. The van der Waals surface area contributed by atoms with Gasteiger partial charge < -0.3 is 15.3 Å². The van der Waals surface area contributed by atoms with Crippen molar-refractivity contribution in [3.8, 4) is 0 Å². The molecule has 2 saturated heterocycles. The van der Waals surface area contributed by atoms with Gasteiger partial charge in [0, 0.05) is 25.0 Å². The Balaban J connectivity index is 1.36. The molecule has 0 aliphatic carbocycles. The van der Waals surface area contributed by atoms with Crippen LogP contribution in [-0.2, 0) is 4.79 Å². The fourth-order valence-corrected chi connectivity index (χ4v) is 4.68. The standard InChI is InChI=1S/C23H31N3O2/c1-25(20-8-11-24-12-9-20)16-23(28)26-13-10-21(22(27)15-26)19-7-6-17-4-2-3-5-18(17)14-19/h2-7,14,20-22,24,27H,8-13,15-16H2,1H3/t21-,22+/m1/s1. The SMILES string of the molecule is CN(CC(=O)N1CC[C@H](c2ccc3ccccc3c2)[C@@H](O)C1)C1CCNCC1. The highest BCUT2D eigenvalue weighted by Crippen LogP contribution is 2.30. The molecule has 5 heteroatoms. The molecular formula is C23H31N3O2. The van der Waals surface area contributed by atoms with Crippen molar-refractivity contribution in [2.45, 2.75) is 37.3 Å². The number of fused-ring (bicyclic) bond motifs is 1. The van der Waals surface area contributed by atoms with Crippen LogP contribution in [0, 0.1) is 0 Å². The lowest BCUT2D eigenvalue weighted by Gasteiger charge is -2.38. The number of likely N-dealkylation sites (N-methyl/N-ethyl adjacent to an activating group) is 1. The van der Waals surface area contributed by atoms with E-state index in [-0.39, 0.29) is 11.8 Å². The van der Waals surface area contributed by atoms with Crippen LogP contribution in [0.2, 0.25) is 0 Å². The maximum atomic E-state index is 12.8. The molecule has 0 saturated carbocycles. The Hall–Kier alpha value is -1.95. The van der Waals surface area contributed by atoms with Gasteiger partial charge >= 0.3 is 0 Å². The third-order valence-electron chi connectivity index (χ3n) is 6.45. The summed E-state index contributed by atoms with van der Waals surface area (Å²) in [6.07, 6.45) is 2.48. The lowest BCUT2D eigenvalue weighted by molar-refractivity contribution is -0.136. The van der Waals surface area contributed by atoms with Crippen LogP contribution in [0.5, 0.6) is 0 Å². The van der Waals surface area contributed by atoms with Gasteiger partial charge in [0.1, 0.15) is 0 Å². The van der Waals surface area contributed by atoms with Crippen LogP contribution in [0.4, 0.5) is 0 Å². The Morgan fingerprint density at radius 1 is 1.14 bits per heavy atom. The van der Waals surface area contributed by atoms with E-state index in [0.717, 1.165) is 32.4 Å². The number of carbonyl (C=O) groups excluding carboxylic acids is 1. The Labute approximate surface area is 167 Å². The number of aliphatic hydroxyl groups excluding tert-OH is 1. The number of benzene rings is 2. The van der Waals surface area contributed by atoms with Gasteiger partial charge in [-0.3, -0.25) is 9.69 Å². The molecule has 0 unspecified atom stereocenters. The zero-order valence-electron chi connectivity index (χ0n) is 16.7. The predicted molar refractivity (Wildman–Crippen MR) is 112 cm³/mol. The summed E-state index contributed by atoms with van der Waals surface area (Å²) in [5.41, 5.74) is 1.17. The number of carbonyl (C=O) groups is 1. The molecular weight excluding hydrogens is 350 g/mol. The van der Waals surface area contributed by atoms with Crippen LogP contribution in [-0.4, -0.2) is 72.7 Å². The molecule has 2 atom stereocenters. The minimum atomic E-state index is -0.511. The number of hydrogen-bond acceptors (Lipinski definition) is 4. The second-order valence-electron chi connectivity index (χ2n) is 8.31. The number of aliphatic hydroxyl groups is 1. The van der Waals surface area contributed by atoms with E-state index in [1.807, 2.05) is 24.1 Å². The normalized spacial score (nSPS) is 24.0. The van der Waals surface area contributed by atoms with Crippen LogP contribution in [0.15, 0.2) is 42.5 Å². The second-order valence-corrected chi connectivity index (χ2v) is 8.31. The van der Waals surface area contributed by atoms with Crippen molar-refractivity contribution in [2.24, 2.45) is 0 Å². The van der Waals surface area contributed by atoms with Gasteiger partial charge in [-0.05, 0) is 55.7 Å². The first-order valence-corrected chi connectivity index (χ1v) is 10.5. The first-order valence-electron chi connectivity index (χ1n) is 10.5. The molecule has 28 heavy (non-hydrogen) atoms. The van der Waals surface area contributed by atoms with Crippen LogP contribution < -0.4 is 5.32 Å². The van der Waals surface area contributed by atoms with Crippen molar-refractivity contribution >= 4 is 16.7 Å². The van der Waals surface area contributed by atoms with Crippen molar-refractivity contribution in [3.63, 3.8) is 0 Å². The van der Waals surface area contributed by atoms with E-state index >= 15 is 0 Å². The summed E-state index contributed by atoms with van der Waals surface area (Å²) in [7, 11) is 2.05. The Morgan fingerprint density at radius 2 is 1.89 bits per heavy atom. The van der Waals surface area contributed by atoms with Crippen LogP contribution in [0.25, 0.3) is 10.8 Å². The molecule has 0 aromatic heterocycles. The minimum absolute atomic E-state index is 0.0933. The topological polar surface area (TPSA) is 55.8 Å². The molecule has 1 amide bonds. The Bertz CT molecular complexity index is 818. The highest BCUT2D eigenvalue weighted by Gasteiger charge is 2.32. The zero-order chi connectivity index (χ0) is 19.5. The van der Waals surface area contributed by atoms with Gasteiger partial charge in [0.05, 0.1) is 12.6 Å². The molecule has 2 aromatic rings. The molecule has 2 heterocycles. The largest absolute Gasteiger partial charge is 0.391 e. The summed E-state index contributed by atoms with van der Waals surface area (Å²) in [4.78, 5) is 16.8. The molecule has 0 spiro atoms. The Kier molecular flexibility index (Phi) is 5.95. The van der Waals surface area contributed by atoms with E-state index in [1.165, 1.54) is 16.3 Å². The summed E-state index contributed by atoms with van der Waals surface area (Å²) in [6.45, 7) is 3.64. The monoisotopic (exact) mass is 381 g/mol. The van der Waals surface area contributed by atoms with Gasteiger partial charge in [-0.1, -0.05) is 42.5 Å². The molecule has 0 bridgehead atoms. The van der Waals surface area contributed by atoms with E-state index in [1.54, 1.807) is 0 Å². The lowest BCUT2D eigenvalue weighted by atomic mass is 9.86. The van der Waals surface area contributed by atoms with Crippen LogP contribution >= 0.6 is 0 Å². The van der Waals surface area contributed by atoms with E-state index in [4.69, 9.17) is 0 Å². The molecule has 2 N–H and O–H groups in total. The maximum absolute atomic E-state index is 12.8. The van der Waals surface area contributed by atoms with Crippen molar-refractivity contribution in [1.29, 1.82) is 0 Å². The molecule has 2 aliphatic rings. The summed E-state index contributed by atoms with van der Waals surface area (Å²) in [5.74, 6) is 0.229. The highest BCUT2D eigenvalue weighted by atomic mass is 16.3. The van der Waals surface area contributed by atoms with Crippen molar-refractivity contribution in [2.75, 3.05) is 39.8 Å². The van der Waals surface area contributed by atoms with Crippen molar-refractivity contribution < 1.29 is 9.90 Å². The molecule has 2 aliphatic heterocycles. The van der Waals surface area contributed by atoms with Gasteiger partial charge in [-0.25, -0.2) is 0 Å². The summed E-state index contributed by atoms with van der Waals surface area (Å²) < 4.78 is 0. The highest BCUT2D eigenvalue weighted by molar-refractivity contribution is 5.83. The van der Waals surface area contributed by atoms with Gasteiger partial charge in [-0.15, -0.1) is 0 Å². The number of hydrogen-bond donors (Lipinski definition) is 2.